The third-order valence-corrected chi connectivity index (χ3v) is 7.38. The molecule has 31 heavy (non-hydrogen) atoms. The molecule has 6 heteroatoms. The Bertz CT molecular complexity index is 740. The van der Waals surface area contributed by atoms with Crippen molar-refractivity contribution in [3.05, 3.63) is 35.9 Å². The van der Waals surface area contributed by atoms with Gasteiger partial charge in [0.1, 0.15) is 0 Å². The fraction of sp³-hybridized carbons (Fsp3) is 0.680. The Hall–Kier alpha value is -1.92. The van der Waals surface area contributed by atoms with E-state index in [9.17, 15) is 9.59 Å². The van der Waals surface area contributed by atoms with Crippen LogP contribution in [0.1, 0.15) is 73.6 Å². The standard InChI is InChI=1S/C16H22N2O.C9H16N2O.2H2/c1-12(19)17-14-9-15-7-8-16(10-14)18(15)11-13-5-3-2-4-6-13;1-6(12)10-9-4-7-2-3-8(5-9)11-7;;/h2-6,14-16H,7-11H2,1H3,(H,17,19);7-9,11H,2-5H2,1H3,(H,10,12);2*1H/t14?,15-,16+;7-,8+,9?;;/i;;1+2;. The summed E-state index contributed by atoms with van der Waals surface area (Å²) in [6.07, 6.45) is 9.63. The Kier molecular flexibility index (Phi) is 7.28. The first-order valence-corrected chi connectivity index (χ1v) is 12.1. The van der Waals surface area contributed by atoms with Crippen LogP contribution >= 0.6 is 0 Å². The first kappa shape index (κ1) is 22.3. The van der Waals surface area contributed by atoms with Gasteiger partial charge in [0.05, 0.1) is 0 Å². The Morgan fingerprint density at radius 1 is 0.903 bits per heavy atom. The second-order valence-corrected chi connectivity index (χ2v) is 9.92. The largest absolute Gasteiger partial charge is 0.353 e. The van der Waals surface area contributed by atoms with Crippen LogP contribution in [0.2, 0.25) is 0 Å². The van der Waals surface area contributed by atoms with Gasteiger partial charge in [-0.3, -0.25) is 14.5 Å². The number of fused-ring (bicyclic) bond motifs is 4. The number of rotatable bonds is 4. The summed E-state index contributed by atoms with van der Waals surface area (Å²) in [6.45, 7) is 4.28. The summed E-state index contributed by atoms with van der Waals surface area (Å²) in [5, 5.41) is 9.65. The number of carbonyl (C=O) groups is 2. The molecule has 2 amide bonds. The van der Waals surface area contributed by atoms with Crippen molar-refractivity contribution in [3.8, 4) is 0 Å². The number of nitrogens with one attached hydrogen (secondary N) is 3. The highest BCUT2D eigenvalue weighted by molar-refractivity contribution is 5.73. The predicted octanol–water partition coefficient (Wildman–Crippen LogP) is 3.22. The molecule has 4 heterocycles. The van der Waals surface area contributed by atoms with Crippen LogP contribution in [0.5, 0.6) is 0 Å². The van der Waals surface area contributed by atoms with E-state index in [4.69, 9.17) is 0 Å². The first-order chi connectivity index (χ1) is 15.0. The number of hydrogen-bond donors (Lipinski definition) is 3. The van der Waals surface area contributed by atoms with E-state index in [0.29, 0.717) is 36.3 Å². The Labute approximate surface area is 189 Å². The topological polar surface area (TPSA) is 73.5 Å². The van der Waals surface area contributed by atoms with E-state index in [1.807, 2.05) is 0 Å². The van der Waals surface area contributed by atoms with E-state index in [1.165, 1.54) is 31.2 Å². The molecule has 0 radical (unpaired) electrons. The van der Waals surface area contributed by atoms with E-state index in [1.54, 1.807) is 13.8 Å². The Morgan fingerprint density at radius 2 is 1.42 bits per heavy atom. The van der Waals surface area contributed by atoms with Gasteiger partial charge in [-0.25, -0.2) is 0 Å². The van der Waals surface area contributed by atoms with Gasteiger partial charge in [-0.1, -0.05) is 30.3 Å². The van der Waals surface area contributed by atoms with E-state index in [2.05, 4.69) is 51.2 Å². The van der Waals surface area contributed by atoms with Crippen molar-refractivity contribution >= 4 is 11.8 Å². The number of amides is 2. The monoisotopic (exact) mass is 432 g/mol. The first-order valence-electron chi connectivity index (χ1n) is 12.1. The molecule has 0 aromatic heterocycles. The third-order valence-electron chi connectivity index (χ3n) is 7.38. The van der Waals surface area contributed by atoms with Gasteiger partial charge in [-0.05, 0) is 56.9 Å². The van der Waals surface area contributed by atoms with E-state index in [-0.39, 0.29) is 14.7 Å². The number of benzene rings is 1. The second kappa shape index (κ2) is 10.1. The summed E-state index contributed by atoms with van der Waals surface area (Å²) in [6, 6.07) is 14.2. The maximum atomic E-state index is 11.2. The molecule has 4 aliphatic heterocycles. The smallest absolute Gasteiger partial charge is 0.217 e. The molecular formula is C25H42N4O2. The highest BCUT2D eigenvalue weighted by Crippen LogP contribution is 2.36. The summed E-state index contributed by atoms with van der Waals surface area (Å²) in [7, 11) is 0. The predicted molar refractivity (Wildman–Crippen MR) is 127 cm³/mol. The summed E-state index contributed by atoms with van der Waals surface area (Å²) in [5.41, 5.74) is 1.40. The molecule has 1 aromatic rings. The molecule has 1 aromatic carbocycles. The molecule has 4 saturated heterocycles. The zero-order chi connectivity index (χ0) is 21.8. The van der Waals surface area contributed by atoms with E-state index >= 15 is 0 Å². The lowest BCUT2D eigenvalue weighted by Crippen LogP contribution is -2.49. The van der Waals surface area contributed by atoms with Crippen LogP contribution in [0.3, 0.4) is 0 Å². The molecule has 2 unspecified atom stereocenters. The highest BCUT2D eigenvalue weighted by atomic mass is 16.2. The van der Waals surface area contributed by atoms with Crippen molar-refractivity contribution in [2.45, 2.75) is 108 Å². The fourth-order valence-corrected chi connectivity index (χ4v) is 6.19. The number of nitrogens with zero attached hydrogens (tertiary/aromatic N) is 1. The van der Waals surface area contributed by atoms with Gasteiger partial charge in [0.15, 0.2) is 0 Å². The van der Waals surface area contributed by atoms with Crippen LogP contribution in [0, 0.1) is 0 Å². The van der Waals surface area contributed by atoms with Crippen LogP contribution in [0.25, 0.3) is 0 Å². The fourth-order valence-electron chi connectivity index (χ4n) is 6.19. The molecule has 0 aliphatic carbocycles. The van der Waals surface area contributed by atoms with Crippen LogP contribution in [0.4, 0.5) is 0 Å². The number of carbonyl (C=O) groups excluding carboxylic acids is 2. The number of hydrogen-bond acceptors (Lipinski definition) is 4. The lowest BCUT2D eigenvalue weighted by Gasteiger charge is -2.39. The molecule has 6 nitrogen and oxygen atoms in total. The van der Waals surface area contributed by atoms with Crippen molar-refractivity contribution < 1.29 is 12.4 Å². The van der Waals surface area contributed by atoms with E-state index < -0.39 is 0 Å². The molecule has 3 N–H and O–H groups in total. The van der Waals surface area contributed by atoms with Crippen LogP contribution < -0.4 is 16.0 Å². The molecule has 4 fully saturated rings. The summed E-state index contributed by atoms with van der Waals surface area (Å²) >= 11 is 0. The normalized spacial score (nSPS) is 33.9. The van der Waals surface area contributed by atoms with Gasteiger partial charge in [0.25, 0.3) is 0 Å². The summed E-state index contributed by atoms with van der Waals surface area (Å²) in [5.74, 6) is 0.224. The molecule has 0 spiro atoms. The zero-order valence-electron chi connectivity index (χ0n) is 19.0. The van der Waals surface area contributed by atoms with Gasteiger partial charge >= 0.3 is 0 Å². The minimum absolute atomic E-state index is 0. The maximum absolute atomic E-state index is 11.2. The molecule has 4 bridgehead atoms. The van der Waals surface area contributed by atoms with Crippen molar-refractivity contribution in [1.82, 2.24) is 20.9 Å². The zero-order valence-corrected chi connectivity index (χ0v) is 19.0. The molecule has 0 saturated carbocycles. The Balaban J connectivity index is 0.000000240. The molecular weight excluding hydrogens is 388 g/mol. The van der Waals surface area contributed by atoms with Crippen molar-refractivity contribution in [3.63, 3.8) is 0 Å². The SMILES string of the molecule is CC(=O)NC1C[C@H]2CC[C@@H](C1)N2.CC(=O)NC1C[C@H]2CC[C@@H](C1)N2Cc1ccccc1.[3HH].[HH]. The number of piperidine rings is 2. The minimum Gasteiger partial charge on any atom is -0.353 e. The quantitative estimate of drug-likeness (QED) is 0.683. The van der Waals surface area contributed by atoms with Gasteiger partial charge in [0, 0.05) is 59.5 Å². The summed E-state index contributed by atoms with van der Waals surface area (Å²) in [4.78, 5) is 24.7. The molecule has 6 atom stereocenters. The lowest BCUT2D eigenvalue weighted by molar-refractivity contribution is -0.120. The van der Waals surface area contributed by atoms with Crippen molar-refractivity contribution in [2.75, 3.05) is 0 Å². The van der Waals surface area contributed by atoms with E-state index in [0.717, 1.165) is 32.2 Å². The van der Waals surface area contributed by atoms with Crippen LogP contribution in [0.15, 0.2) is 30.3 Å². The lowest BCUT2D eigenvalue weighted by atomic mass is 9.96. The summed E-state index contributed by atoms with van der Waals surface area (Å²) < 4.78 is 0. The van der Waals surface area contributed by atoms with Crippen molar-refractivity contribution in [2.24, 2.45) is 0 Å². The second-order valence-electron chi connectivity index (χ2n) is 9.92. The molecule has 4 aliphatic rings. The van der Waals surface area contributed by atoms with Gasteiger partial charge < -0.3 is 16.0 Å². The van der Waals surface area contributed by atoms with Crippen LogP contribution in [-0.4, -0.2) is 53.0 Å². The van der Waals surface area contributed by atoms with Gasteiger partial charge in [0.2, 0.25) is 11.8 Å². The van der Waals surface area contributed by atoms with Gasteiger partial charge in [-0.2, -0.15) is 0 Å². The average Bonchev–Trinajstić information content (AvgIpc) is 3.16. The molecule has 174 valence electrons. The highest BCUT2D eigenvalue weighted by Gasteiger charge is 2.40. The van der Waals surface area contributed by atoms with Crippen molar-refractivity contribution in [1.29, 1.82) is 0 Å². The molecule has 5 rings (SSSR count). The average molecular weight is 433 g/mol. The third kappa shape index (κ3) is 6.07. The Morgan fingerprint density at radius 3 is 1.94 bits per heavy atom. The minimum atomic E-state index is 0. The van der Waals surface area contributed by atoms with Gasteiger partial charge in [-0.15, -0.1) is 0 Å². The van der Waals surface area contributed by atoms with Crippen LogP contribution in [-0.2, 0) is 16.1 Å². The maximum Gasteiger partial charge on any atom is 0.217 e.